The van der Waals surface area contributed by atoms with Crippen LogP contribution in [0.25, 0.3) is 10.4 Å². The summed E-state index contributed by atoms with van der Waals surface area (Å²) in [4.78, 5) is 22.4. The number of phosphoric acid groups is 1. The second-order valence-electron chi connectivity index (χ2n) is 9.08. The Kier molecular flexibility index (Phi) is 9.55. The van der Waals surface area contributed by atoms with E-state index < -0.39 is 31.7 Å². The van der Waals surface area contributed by atoms with Gasteiger partial charge in [-0.15, -0.1) is 11.3 Å². The van der Waals surface area contributed by atoms with Crippen LogP contribution >= 0.6 is 19.2 Å². The number of nitrogens with two attached hydrogens (primary N) is 1. The number of unbranched alkanes of at least 4 members (excludes halogenated alkanes) is 1. The van der Waals surface area contributed by atoms with Crippen LogP contribution in [0.5, 0.6) is 5.75 Å². The molecule has 2 aromatic carbocycles. The number of halogens is 3. The van der Waals surface area contributed by atoms with Crippen molar-refractivity contribution in [3.05, 3.63) is 70.9 Å². The van der Waals surface area contributed by atoms with Crippen LogP contribution in [-0.2, 0) is 20.8 Å². The highest BCUT2D eigenvalue weighted by molar-refractivity contribution is 7.46. The molecule has 0 aliphatic carbocycles. The second kappa shape index (κ2) is 12.1. The third-order valence-electron chi connectivity index (χ3n) is 5.75. The molecule has 7 nitrogen and oxygen atoms in total. The van der Waals surface area contributed by atoms with Crippen LogP contribution < -0.4 is 10.5 Å². The Morgan fingerprint density at radius 1 is 1.14 bits per heavy atom. The Hall–Kier alpha value is -2.27. The normalized spacial score (nSPS) is 14.8. The zero-order valence-corrected chi connectivity index (χ0v) is 22.2. The molecule has 3 rings (SSSR count). The minimum Gasteiger partial charge on any atom is -0.493 e. The van der Waals surface area contributed by atoms with Gasteiger partial charge in [0.25, 0.3) is 0 Å². The van der Waals surface area contributed by atoms with Crippen LogP contribution in [0.15, 0.2) is 54.7 Å². The first-order chi connectivity index (χ1) is 17.3. The number of hydrogen-bond acceptors (Lipinski definition) is 6. The molecule has 0 radical (unpaired) electrons. The van der Waals surface area contributed by atoms with Gasteiger partial charge in [-0.3, -0.25) is 4.52 Å². The summed E-state index contributed by atoms with van der Waals surface area (Å²) in [5, 5.41) is 0.259. The van der Waals surface area contributed by atoms with Crippen LogP contribution in [0.4, 0.5) is 13.2 Å². The van der Waals surface area contributed by atoms with E-state index >= 15 is 0 Å². The van der Waals surface area contributed by atoms with Gasteiger partial charge in [-0.2, -0.15) is 13.2 Å². The lowest BCUT2D eigenvalue weighted by Gasteiger charge is -2.21. The van der Waals surface area contributed by atoms with E-state index in [1.54, 1.807) is 0 Å². The molecule has 4 N–H and O–H groups in total. The number of thiazole rings is 1. The van der Waals surface area contributed by atoms with Crippen molar-refractivity contribution in [2.75, 3.05) is 13.2 Å². The molecular weight excluding hydrogens is 528 g/mol. The smallest absolute Gasteiger partial charge is 0.469 e. The minimum absolute atomic E-state index is 0.166. The van der Waals surface area contributed by atoms with Gasteiger partial charge in [0.1, 0.15) is 10.8 Å². The maximum Gasteiger partial charge on any atom is 0.469 e. The lowest BCUT2D eigenvalue weighted by Crippen LogP contribution is -2.37. The fourth-order valence-corrected chi connectivity index (χ4v) is 5.06. The van der Waals surface area contributed by atoms with Crippen molar-refractivity contribution < 1.29 is 36.8 Å². The molecule has 0 aliphatic rings. The maximum atomic E-state index is 13.8. The van der Waals surface area contributed by atoms with E-state index in [0.29, 0.717) is 17.2 Å². The summed E-state index contributed by atoms with van der Waals surface area (Å²) in [5.41, 5.74) is 5.33. The largest absolute Gasteiger partial charge is 0.493 e. The van der Waals surface area contributed by atoms with Crippen molar-refractivity contribution in [2.24, 2.45) is 5.73 Å². The zero-order chi connectivity index (χ0) is 27.3. The Morgan fingerprint density at radius 3 is 2.49 bits per heavy atom. The van der Waals surface area contributed by atoms with E-state index in [4.69, 9.17) is 20.3 Å². The summed E-state index contributed by atoms with van der Waals surface area (Å²) < 4.78 is 62.4. The summed E-state index contributed by atoms with van der Waals surface area (Å²) >= 11 is 1.02. The summed E-state index contributed by atoms with van der Waals surface area (Å²) in [6.45, 7) is 3.23. The van der Waals surface area contributed by atoms with E-state index in [2.05, 4.69) is 28.6 Å². The Balaban J connectivity index is 1.65. The van der Waals surface area contributed by atoms with Crippen LogP contribution in [0.1, 0.15) is 55.2 Å². The average molecular weight is 559 g/mol. The Morgan fingerprint density at radius 2 is 1.84 bits per heavy atom. The van der Waals surface area contributed by atoms with Crippen LogP contribution in [0, 0.1) is 0 Å². The first-order valence-electron chi connectivity index (χ1n) is 11.6. The SMILES string of the molecule is C[C@@H](CCCCOc1ccc(-c2cnc(C(C)(N)COP(=O)(O)O)s2)cc1C(F)(F)F)c1ccccc1. The lowest BCUT2D eigenvalue weighted by molar-refractivity contribution is -0.138. The highest BCUT2D eigenvalue weighted by Gasteiger charge is 2.35. The number of hydrogen-bond donors (Lipinski definition) is 3. The molecule has 3 aromatic rings. The third kappa shape index (κ3) is 8.63. The third-order valence-corrected chi connectivity index (χ3v) is 7.55. The molecule has 0 amide bonds. The highest BCUT2D eigenvalue weighted by atomic mass is 32.1. The number of aromatic nitrogens is 1. The molecule has 0 spiro atoms. The van der Waals surface area contributed by atoms with E-state index in [1.165, 1.54) is 30.8 Å². The molecule has 0 aliphatic heterocycles. The van der Waals surface area contributed by atoms with Crippen molar-refractivity contribution >= 4 is 19.2 Å². The van der Waals surface area contributed by atoms with Crippen LogP contribution in [-0.4, -0.2) is 28.0 Å². The topological polar surface area (TPSA) is 115 Å². The second-order valence-corrected chi connectivity index (χ2v) is 11.3. The predicted molar refractivity (Wildman–Crippen MR) is 136 cm³/mol. The molecule has 0 saturated carbocycles. The number of rotatable bonds is 12. The fraction of sp³-hybridized carbons (Fsp3) is 0.400. The van der Waals surface area contributed by atoms with Gasteiger partial charge in [-0.25, -0.2) is 9.55 Å². The predicted octanol–water partition coefficient (Wildman–Crippen LogP) is 6.46. The number of nitrogens with zero attached hydrogens (tertiary/aromatic N) is 1. The minimum atomic E-state index is -4.74. The van der Waals surface area contributed by atoms with Gasteiger partial charge >= 0.3 is 14.0 Å². The van der Waals surface area contributed by atoms with Crippen LogP contribution in [0.3, 0.4) is 0 Å². The molecule has 37 heavy (non-hydrogen) atoms. The standard InChI is InChI=1S/C25H30F3N2O5PS/c1-17(18-9-4-3-5-10-18)8-6-7-13-34-21-12-11-19(14-20(21)25(26,27)28)22-15-30-23(37-22)24(2,29)16-35-36(31,32)33/h3-5,9-12,14-15,17H,6-8,13,16,29H2,1-2H3,(H2,31,32,33)/t17-,24?/m0/s1. The maximum absolute atomic E-state index is 13.8. The first kappa shape index (κ1) is 29.3. The number of alkyl halides is 3. The summed E-state index contributed by atoms with van der Waals surface area (Å²) in [7, 11) is -4.74. The first-order valence-corrected chi connectivity index (χ1v) is 14.0. The van der Waals surface area contributed by atoms with Crippen LogP contribution in [0.2, 0.25) is 0 Å². The zero-order valence-electron chi connectivity index (χ0n) is 20.4. The molecule has 0 bridgehead atoms. The van der Waals surface area contributed by atoms with Crippen molar-refractivity contribution in [1.29, 1.82) is 0 Å². The Labute approximate surface area is 217 Å². The summed E-state index contributed by atoms with van der Waals surface area (Å²) in [6, 6.07) is 13.9. The summed E-state index contributed by atoms with van der Waals surface area (Å²) in [6.07, 6.45) is -0.902. The quantitative estimate of drug-likeness (QED) is 0.173. The molecule has 0 fully saturated rings. The van der Waals surface area contributed by atoms with Gasteiger partial charge in [-0.05, 0) is 61.4 Å². The fourth-order valence-electron chi connectivity index (χ4n) is 3.67. The number of phosphoric ester groups is 1. The van der Waals surface area contributed by atoms with Gasteiger partial charge in [0, 0.05) is 6.20 Å². The molecule has 12 heteroatoms. The number of ether oxygens (including phenoxy) is 1. The van der Waals surface area contributed by atoms with Crippen molar-refractivity contribution in [2.45, 2.75) is 50.7 Å². The van der Waals surface area contributed by atoms with E-state index in [-0.39, 0.29) is 22.9 Å². The van der Waals surface area contributed by atoms with Crippen molar-refractivity contribution in [3.63, 3.8) is 0 Å². The van der Waals surface area contributed by atoms with Crippen molar-refractivity contribution in [3.8, 4) is 16.2 Å². The van der Waals surface area contributed by atoms with E-state index in [1.807, 2.05) is 18.2 Å². The van der Waals surface area contributed by atoms with Gasteiger partial charge in [-0.1, -0.05) is 37.3 Å². The average Bonchev–Trinajstić information content (AvgIpc) is 3.33. The molecule has 1 heterocycles. The molecular formula is C25H30F3N2O5PS. The molecule has 202 valence electrons. The number of benzene rings is 2. The molecule has 0 saturated heterocycles. The van der Waals surface area contributed by atoms with Gasteiger partial charge in [0.05, 0.1) is 29.2 Å². The van der Waals surface area contributed by atoms with Gasteiger partial charge < -0.3 is 20.3 Å². The molecule has 1 aromatic heterocycles. The summed E-state index contributed by atoms with van der Waals surface area (Å²) in [5.74, 6) is 0.116. The molecule has 1 unspecified atom stereocenters. The van der Waals surface area contributed by atoms with E-state index in [0.717, 1.165) is 30.2 Å². The van der Waals surface area contributed by atoms with Gasteiger partial charge in [0.15, 0.2) is 0 Å². The van der Waals surface area contributed by atoms with Crippen molar-refractivity contribution in [1.82, 2.24) is 4.98 Å². The monoisotopic (exact) mass is 558 g/mol. The lowest BCUT2D eigenvalue weighted by atomic mass is 9.96. The van der Waals surface area contributed by atoms with E-state index in [9.17, 15) is 17.7 Å². The highest BCUT2D eigenvalue weighted by Crippen LogP contribution is 2.42. The molecule has 2 atom stereocenters. The van der Waals surface area contributed by atoms with Gasteiger partial charge in [0.2, 0.25) is 0 Å². The Bertz CT molecular complexity index is 1210.